The Labute approximate surface area is 251 Å². The molecule has 4 aromatic rings. The summed E-state index contributed by atoms with van der Waals surface area (Å²) in [7, 11) is 0. The number of halogens is 10. The molecule has 0 spiro atoms. The van der Waals surface area contributed by atoms with Gasteiger partial charge in [-0.3, -0.25) is 0 Å². The lowest BCUT2D eigenvalue weighted by Gasteiger charge is -2.21. The van der Waals surface area contributed by atoms with Crippen molar-refractivity contribution in [2.75, 3.05) is 5.34 Å². The van der Waals surface area contributed by atoms with Gasteiger partial charge in [-0.1, -0.05) is 31.9 Å². The number of aromatic nitrogens is 4. The fraction of sp³-hybridized carbons (Fsp3) is 0.318. The molecule has 0 aliphatic heterocycles. The lowest BCUT2D eigenvalue weighted by atomic mass is 10.2. The number of nitrogens with one attached hydrogen (secondary N) is 1. The highest BCUT2D eigenvalue weighted by Crippen LogP contribution is 2.35. The molecule has 0 aliphatic rings. The Hall–Kier alpha value is -1.31. The van der Waals surface area contributed by atoms with Crippen LogP contribution in [0.25, 0.3) is 22.1 Å². The van der Waals surface area contributed by atoms with Crippen molar-refractivity contribution in [2.24, 2.45) is 0 Å². The van der Waals surface area contributed by atoms with E-state index < -0.39 is 34.1 Å². The molecular weight excluding hydrogens is 730 g/mol. The van der Waals surface area contributed by atoms with E-state index in [1.54, 1.807) is 45.0 Å². The Kier molecular flexibility index (Phi) is 11.2. The average molecular weight is 748 g/mol. The Balaban J connectivity index is 0.000000257. The third kappa shape index (κ3) is 9.12. The van der Waals surface area contributed by atoms with Crippen LogP contribution in [0.5, 0.6) is 0 Å². The Morgan fingerprint density at radius 2 is 1.50 bits per heavy atom. The molecule has 2 aromatic carbocycles. The van der Waals surface area contributed by atoms with Crippen molar-refractivity contribution in [1.29, 1.82) is 0 Å². The minimum absolute atomic E-state index is 0.194. The SMILES string of the molecule is CC(C)(C)OC(=O)n1c(C(F)(F)Cl)nc2cc(Br)ccc21.ClCCl.FC(F)(Cl)c1nc2ccc(Br)cc2[nH]1. The first kappa shape index (κ1) is 32.9. The van der Waals surface area contributed by atoms with Crippen LogP contribution in [0.2, 0.25) is 0 Å². The molecule has 208 valence electrons. The number of rotatable bonds is 2. The van der Waals surface area contributed by atoms with Crippen molar-refractivity contribution >= 4 is 106 Å². The van der Waals surface area contributed by atoms with E-state index in [1.807, 2.05) is 0 Å². The molecular formula is C22H18Br2Cl4F4N4O2. The number of imidazole rings is 2. The van der Waals surface area contributed by atoms with Crippen molar-refractivity contribution in [2.45, 2.75) is 37.1 Å². The Morgan fingerprint density at radius 1 is 0.947 bits per heavy atom. The molecule has 0 unspecified atom stereocenters. The van der Waals surface area contributed by atoms with Gasteiger partial charge in [0.1, 0.15) is 5.60 Å². The monoisotopic (exact) mass is 744 g/mol. The second-order valence-corrected chi connectivity index (χ2v) is 11.8. The zero-order valence-corrected chi connectivity index (χ0v) is 25.8. The maximum absolute atomic E-state index is 13.5. The smallest absolute Gasteiger partial charge is 0.420 e. The number of fused-ring (bicyclic) bond motifs is 2. The Morgan fingerprint density at radius 3 is 2.03 bits per heavy atom. The molecule has 0 saturated carbocycles. The molecule has 0 atom stereocenters. The quantitative estimate of drug-likeness (QED) is 0.164. The number of carbonyl (C=O) groups excluding carboxylic acids is 1. The number of benzene rings is 2. The summed E-state index contributed by atoms with van der Waals surface area (Å²) in [5.41, 5.74) is 0.564. The van der Waals surface area contributed by atoms with Gasteiger partial charge in [0.2, 0.25) is 5.82 Å². The standard InChI is InChI=1S/C13H12BrClF2N2O2.C8H4BrClF2N2.CH2Cl2/c1-12(2,3)21-11(20)19-9-5-4-7(14)6-8(9)18-10(19)13(15,16)17;9-4-1-2-5-6(3-4)14-7(13-5)8(10,11)12;2-1-3/h4-6H,1-3H3;1-3H,(H,13,14);1H2. The van der Waals surface area contributed by atoms with Crippen molar-refractivity contribution in [3.63, 3.8) is 0 Å². The second-order valence-electron chi connectivity index (χ2n) is 8.23. The van der Waals surface area contributed by atoms with Gasteiger partial charge in [-0.15, -0.1) is 23.2 Å². The molecule has 0 bridgehead atoms. The van der Waals surface area contributed by atoms with Crippen LogP contribution >= 0.6 is 78.3 Å². The molecule has 0 aliphatic carbocycles. The number of hydrogen-bond donors (Lipinski definition) is 1. The summed E-state index contributed by atoms with van der Waals surface area (Å²) in [6.07, 6.45) is -0.956. The largest absolute Gasteiger partial charge is 0.443 e. The van der Waals surface area contributed by atoms with Crippen LogP contribution in [-0.2, 0) is 15.5 Å². The van der Waals surface area contributed by atoms with Crippen molar-refractivity contribution in [3.8, 4) is 0 Å². The van der Waals surface area contributed by atoms with Crippen molar-refractivity contribution in [1.82, 2.24) is 19.5 Å². The van der Waals surface area contributed by atoms with Gasteiger partial charge >= 0.3 is 16.9 Å². The number of alkyl halides is 8. The van der Waals surface area contributed by atoms with Crippen LogP contribution in [0.15, 0.2) is 45.3 Å². The zero-order valence-electron chi connectivity index (χ0n) is 19.6. The highest BCUT2D eigenvalue weighted by molar-refractivity contribution is 9.10. The van der Waals surface area contributed by atoms with E-state index in [0.29, 0.717) is 20.1 Å². The van der Waals surface area contributed by atoms with Gasteiger partial charge in [0, 0.05) is 8.95 Å². The van der Waals surface area contributed by atoms with Gasteiger partial charge in [-0.2, -0.15) is 17.6 Å². The van der Waals surface area contributed by atoms with Gasteiger partial charge in [0.05, 0.1) is 27.4 Å². The van der Waals surface area contributed by atoms with E-state index in [9.17, 15) is 22.4 Å². The number of aromatic amines is 1. The van der Waals surface area contributed by atoms with Crippen LogP contribution in [0, 0.1) is 0 Å². The van der Waals surface area contributed by atoms with Crippen LogP contribution in [0.4, 0.5) is 22.4 Å². The molecule has 2 aromatic heterocycles. The summed E-state index contributed by atoms with van der Waals surface area (Å²) in [5.74, 6) is -1.40. The fourth-order valence-electron chi connectivity index (χ4n) is 2.85. The highest BCUT2D eigenvalue weighted by Gasteiger charge is 2.38. The molecule has 0 fully saturated rings. The fourth-order valence-corrected chi connectivity index (χ4v) is 3.78. The second kappa shape index (κ2) is 12.9. The van der Waals surface area contributed by atoms with Crippen molar-refractivity contribution in [3.05, 3.63) is 57.0 Å². The maximum atomic E-state index is 13.5. The summed E-state index contributed by atoms with van der Waals surface area (Å²) < 4.78 is 59.6. The summed E-state index contributed by atoms with van der Waals surface area (Å²) in [5, 5.41) is -7.05. The third-order valence-electron chi connectivity index (χ3n) is 4.16. The first-order valence-corrected chi connectivity index (χ1v) is 13.6. The van der Waals surface area contributed by atoms with Crippen molar-refractivity contribution < 1.29 is 27.1 Å². The predicted molar refractivity (Wildman–Crippen MR) is 149 cm³/mol. The molecule has 0 radical (unpaired) electrons. The first-order chi connectivity index (χ1) is 17.4. The lowest BCUT2D eigenvalue weighted by Crippen LogP contribution is -2.29. The molecule has 16 heteroatoms. The van der Waals surface area contributed by atoms with Crippen LogP contribution in [0.1, 0.15) is 32.4 Å². The predicted octanol–water partition coefficient (Wildman–Crippen LogP) is 9.91. The van der Waals surface area contributed by atoms with Crippen LogP contribution in [-0.4, -0.2) is 36.6 Å². The number of nitrogens with zero attached hydrogens (tertiary/aromatic N) is 3. The van der Waals surface area contributed by atoms with Gasteiger partial charge in [0.25, 0.3) is 0 Å². The summed E-state index contributed by atoms with van der Waals surface area (Å²) >= 11 is 25.9. The molecule has 38 heavy (non-hydrogen) atoms. The lowest BCUT2D eigenvalue weighted by molar-refractivity contribution is 0.0452. The van der Waals surface area contributed by atoms with E-state index in [4.69, 9.17) is 51.1 Å². The summed E-state index contributed by atoms with van der Waals surface area (Å²) in [6, 6.07) is 9.63. The van der Waals surface area contributed by atoms with Crippen LogP contribution < -0.4 is 0 Å². The highest BCUT2D eigenvalue weighted by atomic mass is 79.9. The molecule has 6 nitrogen and oxygen atoms in total. The maximum Gasteiger partial charge on any atom is 0.420 e. The van der Waals surface area contributed by atoms with Gasteiger partial charge in [-0.05, 0) is 80.4 Å². The molecule has 4 rings (SSSR count). The zero-order chi connectivity index (χ0) is 29.1. The average Bonchev–Trinajstić information content (AvgIpc) is 3.34. The molecule has 0 amide bonds. The van der Waals surface area contributed by atoms with Gasteiger partial charge in [0.15, 0.2) is 5.82 Å². The molecule has 2 heterocycles. The van der Waals surface area contributed by atoms with E-state index in [2.05, 4.69) is 46.8 Å². The number of ether oxygens (including phenoxy) is 1. The number of carbonyl (C=O) groups is 1. The number of H-pyrrole nitrogens is 1. The Bertz CT molecular complexity index is 1420. The topological polar surface area (TPSA) is 72.8 Å². The number of hydrogen-bond acceptors (Lipinski definition) is 4. The van der Waals surface area contributed by atoms with E-state index in [0.717, 1.165) is 4.47 Å². The van der Waals surface area contributed by atoms with E-state index >= 15 is 0 Å². The van der Waals surface area contributed by atoms with E-state index in [1.165, 1.54) is 12.1 Å². The minimum Gasteiger partial charge on any atom is -0.443 e. The minimum atomic E-state index is -3.79. The van der Waals surface area contributed by atoms with Crippen LogP contribution in [0.3, 0.4) is 0 Å². The molecule has 1 N–H and O–H groups in total. The van der Waals surface area contributed by atoms with Gasteiger partial charge in [-0.25, -0.2) is 19.3 Å². The third-order valence-corrected chi connectivity index (χ3v) is 5.49. The summed E-state index contributed by atoms with van der Waals surface area (Å²) in [4.78, 5) is 22.1. The van der Waals surface area contributed by atoms with Gasteiger partial charge < -0.3 is 9.72 Å². The normalized spacial score (nSPS) is 12.0. The molecule has 0 saturated heterocycles. The first-order valence-electron chi connectivity index (χ1n) is 10.2. The summed E-state index contributed by atoms with van der Waals surface area (Å²) in [6.45, 7) is 4.91. The van der Waals surface area contributed by atoms with E-state index in [-0.39, 0.29) is 16.4 Å².